The van der Waals surface area contributed by atoms with Crippen LogP contribution in [0, 0.1) is 22.7 Å². The summed E-state index contributed by atoms with van der Waals surface area (Å²) in [5.41, 5.74) is 4.33. The number of para-hydroxylation sites is 1. The van der Waals surface area contributed by atoms with E-state index in [9.17, 15) is 38.2 Å². The van der Waals surface area contributed by atoms with E-state index in [1.54, 1.807) is 47.3 Å². The number of piperidine rings is 4. The molecule has 0 bridgehead atoms. The maximum atomic E-state index is 14.6. The van der Waals surface area contributed by atoms with Crippen LogP contribution in [0.3, 0.4) is 0 Å². The van der Waals surface area contributed by atoms with Crippen molar-refractivity contribution in [3.8, 4) is 0 Å². The topological polar surface area (TPSA) is 192 Å². The number of halogens is 2. The fourth-order valence-corrected chi connectivity index (χ4v) is 11.6. The molecule has 5 N–H and O–H groups in total. The summed E-state index contributed by atoms with van der Waals surface area (Å²) in [6.45, 7) is 7.13. The molecule has 1 aromatic heterocycles. The molecule has 4 amide bonds. The number of nitrogens with one attached hydrogen (secondary N) is 5. The van der Waals surface area contributed by atoms with Crippen LogP contribution in [0.15, 0.2) is 41.3 Å². The van der Waals surface area contributed by atoms with Crippen molar-refractivity contribution in [1.82, 2.24) is 39.8 Å². The number of anilines is 1. The summed E-state index contributed by atoms with van der Waals surface area (Å²) < 4.78 is 32.3. The molecular weight excluding hydrogens is 885 g/mol. The van der Waals surface area contributed by atoms with Gasteiger partial charge in [0, 0.05) is 114 Å². The molecule has 3 aromatic rings. The van der Waals surface area contributed by atoms with Gasteiger partial charge in [0.05, 0.1) is 11.0 Å². The van der Waals surface area contributed by atoms with E-state index >= 15 is 0 Å². The van der Waals surface area contributed by atoms with Crippen molar-refractivity contribution in [1.29, 1.82) is 10.8 Å². The van der Waals surface area contributed by atoms with Crippen LogP contribution in [0.25, 0.3) is 16.6 Å². The third kappa shape index (κ3) is 10.9. The van der Waals surface area contributed by atoms with Crippen LogP contribution in [0.4, 0.5) is 14.5 Å². The third-order valence-corrected chi connectivity index (χ3v) is 15.5. The van der Waals surface area contributed by atoms with Crippen molar-refractivity contribution >= 4 is 58.0 Å². The number of hydrogen-bond donors (Lipinski definition) is 5. The Hall–Kier alpha value is -5.75. The maximum absolute atomic E-state index is 14.6. The lowest BCUT2D eigenvalue weighted by molar-refractivity contribution is -0.136. The maximum Gasteiger partial charge on any atom is 0.329 e. The first-order chi connectivity index (χ1) is 33.3. The standard InChI is InChI=1S/C51H69F2N11O5/c1-32(65)62-26-19-41(40(31-62)49(55)63-21-5-8-35-27-38(36(29-54)30-56-2)39(48(52)53)28-44(35)63)57-37-17-24-61(25-18-37)46(67)10-6-20-60-22-15-33(16-23-60)11-12-34-7-4-9-42-47(34)59(3)51(69)64(42)43-13-14-45(66)58-50(43)68/h4,7,9,27-30,33,37,40-41,43,48,54-57H,5-6,8,10-26,31H2,1-3H3,(H,58,66,68)/b36-30+,54-29?,55-49?. The summed E-state index contributed by atoms with van der Waals surface area (Å²) in [7, 11) is 3.41. The SMILES string of the molecule is CN/C=C(\C=N)c1cc2c(cc1C(F)F)N(C(=N)C1CN(C(C)=O)CCC1NC1CCN(C(=O)CCCN3CCC(CCc4cccc5c4n(C)c(=O)n5C4CCC(=O)NC4=O)CC3)CC1)CCC2. The van der Waals surface area contributed by atoms with Crippen LogP contribution in [0.2, 0.25) is 0 Å². The normalized spacial score (nSPS) is 22.3. The molecule has 5 aliphatic rings. The molecule has 0 aliphatic carbocycles. The molecule has 4 fully saturated rings. The minimum Gasteiger partial charge on any atom is -0.393 e. The monoisotopic (exact) mass is 954 g/mol. The molecule has 69 heavy (non-hydrogen) atoms. The van der Waals surface area contributed by atoms with Gasteiger partial charge in [-0.25, -0.2) is 13.6 Å². The Bertz CT molecular complexity index is 2520. The first-order valence-electron chi connectivity index (χ1n) is 25.0. The fraction of sp³-hybridized carbons (Fsp3) is 0.588. The molecule has 0 radical (unpaired) electrons. The predicted octanol–water partition coefficient (Wildman–Crippen LogP) is 5.14. The van der Waals surface area contributed by atoms with Gasteiger partial charge in [0.25, 0.3) is 6.43 Å². The van der Waals surface area contributed by atoms with E-state index in [1.165, 1.54) is 6.07 Å². The fourth-order valence-electron chi connectivity index (χ4n) is 11.6. The van der Waals surface area contributed by atoms with Crippen molar-refractivity contribution in [3.05, 3.63) is 69.3 Å². The smallest absolute Gasteiger partial charge is 0.329 e. The summed E-state index contributed by atoms with van der Waals surface area (Å²) in [4.78, 5) is 72.0. The number of rotatable bonds is 15. The van der Waals surface area contributed by atoms with Gasteiger partial charge in [0.15, 0.2) is 0 Å². The molecule has 3 atom stereocenters. The Labute approximate surface area is 402 Å². The van der Waals surface area contributed by atoms with Gasteiger partial charge >= 0.3 is 5.69 Å². The molecule has 4 saturated heterocycles. The van der Waals surface area contributed by atoms with E-state index in [4.69, 9.17) is 5.41 Å². The zero-order valence-corrected chi connectivity index (χ0v) is 40.3. The van der Waals surface area contributed by atoms with Gasteiger partial charge in [-0.2, -0.15) is 0 Å². The molecule has 6 heterocycles. The average Bonchev–Trinajstić information content (AvgIpc) is 3.60. The third-order valence-electron chi connectivity index (χ3n) is 15.5. The number of carbonyl (C=O) groups excluding carboxylic acids is 4. The van der Waals surface area contributed by atoms with E-state index in [2.05, 4.69) is 26.9 Å². The number of likely N-dealkylation sites (tertiary alicyclic amines) is 3. The summed E-state index contributed by atoms with van der Waals surface area (Å²) in [6.07, 6.45) is 9.25. The molecule has 0 saturated carbocycles. The summed E-state index contributed by atoms with van der Waals surface area (Å²) in [6, 6.07) is 8.46. The largest absolute Gasteiger partial charge is 0.393 e. The lowest BCUT2D eigenvalue weighted by Gasteiger charge is -2.45. The summed E-state index contributed by atoms with van der Waals surface area (Å²) in [5.74, 6) is -0.110. The van der Waals surface area contributed by atoms with Crippen molar-refractivity contribution in [2.45, 2.75) is 115 Å². The summed E-state index contributed by atoms with van der Waals surface area (Å²) in [5, 5.41) is 26.5. The first-order valence-corrected chi connectivity index (χ1v) is 25.0. The molecular formula is C51H69F2N11O5. The second-order valence-electron chi connectivity index (χ2n) is 19.7. The highest BCUT2D eigenvalue weighted by atomic mass is 19.3. The van der Waals surface area contributed by atoms with Crippen LogP contribution in [-0.2, 0) is 39.1 Å². The average molecular weight is 954 g/mol. The number of aryl methyl sites for hydroxylation is 3. The molecule has 2 aromatic carbocycles. The van der Waals surface area contributed by atoms with E-state index in [-0.39, 0.29) is 53.4 Å². The van der Waals surface area contributed by atoms with Gasteiger partial charge in [-0.05, 0) is 131 Å². The highest BCUT2D eigenvalue weighted by molar-refractivity contribution is 6.09. The van der Waals surface area contributed by atoms with Crippen molar-refractivity contribution in [3.63, 3.8) is 0 Å². The zero-order valence-electron chi connectivity index (χ0n) is 40.3. The van der Waals surface area contributed by atoms with Gasteiger partial charge in [-0.1, -0.05) is 12.1 Å². The zero-order chi connectivity index (χ0) is 48.9. The Morgan fingerprint density at radius 2 is 1.71 bits per heavy atom. The van der Waals surface area contributed by atoms with Crippen molar-refractivity contribution < 1.29 is 28.0 Å². The first kappa shape index (κ1) is 49.7. The number of fused-ring (bicyclic) bond motifs is 2. The number of carbonyl (C=O) groups is 4. The van der Waals surface area contributed by atoms with E-state index in [0.29, 0.717) is 87.0 Å². The van der Waals surface area contributed by atoms with Crippen molar-refractivity contribution in [2.75, 3.05) is 64.3 Å². The number of imide groups is 1. The number of benzene rings is 2. The second kappa shape index (κ2) is 21.9. The molecule has 18 heteroatoms. The minimum atomic E-state index is -2.77. The van der Waals surface area contributed by atoms with Crippen LogP contribution < -0.4 is 26.5 Å². The Morgan fingerprint density at radius 1 is 0.957 bits per heavy atom. The molecule has 0 spiro atoms. The van der Waals surface area contributed by atoms with E-state index < -0.39 is 18.4 Å². The molecule has 372 valence electrons. The number of amides is 4. The molecule has 16 nitrogen and oxygen atoms in total. The van der Waals surface area contributed by atoms with E-state index in [1.807, 2.05) is 21.9 Å². The van der Waals surface area contributed by atoms with Gasteiger partial charge in [-0.15, -0.1) is 0 Å². The van der Waals surface area contributed by atoms with Gasteiger partial charge in [0.2, 0.25) is 23.6 Å². The molecule has 8 rings (SSSR count). The lowest BCUT2D eigenvalue weighted by atomic mass is 9.86. The number of nitrogens with zero attached hydrogens (tertiary/aromatic N) is 6. The van der Waals surface area contributed by atoms with Crippen LogP contribution in [0.5, 0.6) is 0 Å². The van der Waals surface area contributed by atoms with Gasteiger partial charge in [0.1, 0.15) is 11.9 Å². The highest BCUT2D eigenvalue weighted by Crippen LogP contribution is 2.38. The number of hydrogen-bond acceptors (Lipinski definition) is 10. The second-order valence-corrected chi connectivity index (χ2v) is 19.7. The highest BCUT2D eigenvalue weighted by Gasteiger charge is 2.39. The summed E-state index contributed by atoms with van der Waals surface area (Å²) >= 11 is 0. The predicted molar refractivity (Wildman–Crippen MR) is 263 cm³/mol. The number of imidazole rings is 1. The number of aromatic nitrogens is 2. The van der Waals surface area contributed by atoms with Gasteiger partial charge < -0.3 is 35.6 Å². The Kier molecular flexibility index (Phi) is 15.8. The van der Waals surface area contributed by atoms with Crippen LogP contribution in [0.1, 0.15) is 112 Å². The van der Waals surface area contributed by atoms with E-state index in [0.717, 1.165) is 99.4 Å². The quantitative estimate of drug-likeness (QED) is 0.0781. The van der Waals surface area contributed by atoms with Crippen molar-refractivity contribution in [2.24, 2.45) is 18.9 Å². The van der Waals surface area contributed by atoms with Crippen LogP contribution >= 0.6 is 0 Å². The minimum absolute atomic E-state index is 0.0547. The number of amidine groups is 1. The number of allylic oxidation sites excluding steroid dienone is 1. The Balaban J connectivity index is 0.798. The van der Waals surface area contributed by atoms with Gasteiger partial charge in [-0.3, -0.25) is 39.0 Å². The van der Waals surface area contributed by atoms with Crippen LogP contribution in [-0.4, -0.2) is 131 Å². The lowest BCUT2D eigenvalue weighted by Crippen LogP contribution is -2.59. The number of alkyl halides is 2. The molecule has 3 unspecified atom stereocenters. The Morgan fingerprint density at radius 3 is 2.41 bits per heavy atom. The molecule has 5 aliphatic heterocycles.